The molecule has 0 aliphatic heterocycles. The molecule has 2 aromatic carbocycles. The van der Waals surface area contributed by atoms with Crippen molar-refractivity contribution in [3.05, 3.63) is 59.0 Å². The first-order valence-corrected chi connectivity index (χ1v) is 8.49. The number of benzene rings is 2. The van der Waals surface area contributed by atoms with Gasteiger partial charge in [-0.1, -0.05) is 6.07 Å². The van der Waals surface area contributed by atoms with Crippen molar-refractivity contribution in [2.24, 2.45) is 0 Å². The third kappa shape index (κ3) is 3.80. The zero-order chi connectivity index (χ0) is 17.8. The summed E-state index contributed by atoms with van der Waals surface area (Å²) >= 11 is 1.45. The average molecular weight is 354 g/mol. The number of aromatic nitrogens is 1. The van der Waals surface area contributed by atoms with Crippen LogP contribution in [0.2, 0.25) is 0 Å². The third-order valence-electron chi connectivity index (χ3n) is 3.71. The molecule has 25 heavy (non-hydrogen) atoms. The Morgan fingerprint density at radius 1 is 1.04 bits per heavy atom. The van der Waals surface area contributed by atoms with Gasteiger partial charge in [0.05, 0.1) is 19.9 Å². The molecule has 1 amide bonds. The van der Waals surface area contributed by atoms with E-state index in [9.17, 15) is 4.79 Å². The van der Waals surface area contributed by atoms with Gasteiger partial charge in [0.25, 0.3) is 5.91 Å². The number of methoxy groups -OCH3 is 2. The van der Waals surface area contributed by atoms with E-state index in [4.69, 9.17) is 9.47 Å². The number of anilines is 1. The predicted molar refractivity (Wildman–Crippen MR) is 99.8 cm³/mol. The molecule has 128 valence electrons. The van der Waals surface area contributed by atoms with Crippen LogP contribution in [0.5, 0.6) is 11.5 Å². The van der Waals surface area contributed by atoms with Crippen LogP contribution >= 0.6 is 11.3 Å². The summed E-state index contributed by atoms with van der Waals surface area (Å²) in [6, 6.07) is 14.7. The fraction of sp³-hybridized carbons (Fsp3) is 0.158. The van der Waals surface area contributed by atoms with Crippen molar-refractivity contribution in [3.8, 4) is 22.8 Å². The molecule has 0 unspecified atom stereocenters. The number of carbonyl (C=O) groups excluding carboxylic acids is 1. The lowest BCUT2D eigenvalue weighted by Crippen LogP contribution is -2.11. The maximum Gasteiger partial charge on any atom is 0.257 e. The lowest BCUT2D eigenvalue weighted by molar-refractivity contribution is 0.102. The van der Waals surface area contributed by atoms with Crippen LogP contribution in [0.15, 0.2) is 48.5 Å². The summed E-state index contributed by atoms with van der Waals surface area (Å²) < 4.78 is 10.3. The number of ether oxygens (including phenoxy) is 2. The number of thiazole rings is 1. The lowest BCUT2D eigenvalue weighted by atomic mass is 10.1. The van der Waals surface area contributed by atoms with E-state index >= 15 is 0 Å². The van der Waals surface area contributed by atoms with Gasteiger partial charge in [-0.3, -0.25) is 10.1 Å². The number of hydrogen-bond acceptors (Lipinski definition) is 5. The van der Waals surface area contributed by atoms with Gasteiger partial charge in [-0.25, -0.2) is 4.98 Å². The molecule has 3 aromatic rings. The average Bonchev–Trinajstić information content (AvgIpc) is 3.02. The molecular formula is C19H18N2O3S. The van der Waals surface area contributed by atoms with Gasteiger partial charge >= 0.3 is 0 Å². The molecule has 0 aliphatic carbocycles. The number of nitrogens with zero attached hydrogens (tertiary/aromatic N) is 1. The monoisotopic (exact) mass is 354 g/mol. The van der Waals surface area contributed by atoms with Gasteiger partial charge in [-0.05, 0) is 49.4 Å². The van der Waals surface area contributed by atoms with Gasteiger partial charge in [0.2, 0.25) is 0 Å². The SMILES string of the molecule is COc1ccc(-c2nc(NC(=O)c3cccc(OC)c3)sc2C)cc1. The molecule has 6 heteroatoms. The zero-order valence-corrected chi connectivity index (χ0v) is 15.0. The summed E-state index contributed by atoms with van der Waals surface area (Å²) in [4.78, 5) is 18.0. The number of nitrogens with one attached hydrogen (secondary N) is 1. The molecule has 0 radical (unpaired) electrons. The molecule has 0 spiro atoms. The molecular weight excluding hydrogens is 336 g/mol. The Bertz CT molecular complexity index is 888. The van der Waals surface area contributed by atoms with Gasteiger partial charge in [0.15, 0.2) is 5.13 Å². The van der Waals surface area contributed by atoms with Crippen molar-refractivity contribution in [1.29, 1.82) is 0 Å². The molecule has 0 saturated carbocycles. The van der Waals surface area contributed by atoms with Gasteiger partial charge < -0.3 is 9.47 Å². The van der Waals surface area contributed by atoms with Gasteiger partial charge in [0.1, 0.15) is 11.5 Å². The van der Waals surface area contributed by atoms with E-state index < -0.39 is 0 Å². The van der Waals surface area contributed by atoms with Crippen LogP contribution in [0, 0.1) is 6.92 Å². The standard InChI is InChI=1S/C19H18N2O3S/c1-12-17(13-7-9-15(23-2)10-8-13)20-19(25-12)21-18(22)14-5-4-6-16(11-14)24-3/h4-11H,1-3H3,(H,20,21,22). The van der Waals surface area contributed by atoms with Crippen LogP contribution in [0.25, 0.3) is 11.3 Å². The smallest absolute Gasteiger partial charge is 0.257 e. The number of aryl methyl sites for hydroxylation is 1. The molecule has 0 atom stereocenters. The van der Waals surface area contributed by atoms with Gasteiger partial charge in [-0.2, -0.15) is 0 Å². The summed E-state index contributed by atoms with van der Waals surface area (Å²) in [7, 11) is 3.21. The minimum atomic E-state index is -0.214. The Kier molecular flexibility index (Phi) is 5.00. The van der Waals surface area contributed by atoms with E-state index in [-0.39, 0.29) is 5.91 Å². The Labute approximate surface area is 150 Å². The van der Waals surface area contributed by atoms with Crippen molar-refractivity contribution in [1.82, 2.24) is 4.98 Å². The van der Waals surface area contributed by atoms with E-state index in [1.165, 1.54) is 11.3 Å². The molecule has 1 aromatic heterocycles. The second kappa shape index (κ2) is 7.36. The topological polar surface area (TPSA) is 60.5 Å². The Morgan fingerprint density at radius 3 is 2.44 bits per heavy atom. The first-order valence-electron chi connectivity index (χ1n) is 7.68. The fourth-order valence-electron chi connectivity index (χ4n) is 2.40. The van der Waals surface area contributed by atoms with E-state index in [0.29, 0.717) is 16.4 Å². The Morgan fingerprint density at radius 2 is 1.76 bits per heavy atom. The summed E-state index contributed by atoms with van der Waals surface area (Å²) in [5.41, 5.74) is 2.36. The second-order valence-corrected chi connectivity index (χ2v) is 6.54. The molecule has 1 N–H and O–H groups in total. The highest BCUT2D eigenvalue weighted by molar-refractivity contribution is 7.16. The van der Waals surface area contributed by atoms with Crippen molar-refractivity contribution >= 4 is 22.4 Å². The zero-order valence-electron chi connectivity index (χ0n) is 14.2. The van der Waals surface area contributed by atoms with Crippen molar-refractivity contribution < 1.29 is 14.3 Å². The normalized spacial score (nSPS) is 10.4. The first kappa shape index (κ1) is 17.0. The largest absolute Gasteiger partial charge is 0.497 e. The Balaban J connectivity index is 1.80. The van der Waals surface area contributed by atoms with Crippen LogP contribution in [-0.2, 0) is 0 Å². The maximum atomic E-state index is 12.4. The van der Waals surface area contributed by atoms with Crippen LogP contribution in [0.1, 0.15) is 15.2 Å². The molecule has 5 nitrogen and oxygen atoms in total. The minimum Gasteiger partial charge on any atom is -0.497 e. The highest BCUT2D eigenvalue weighted by Crippen LogP contribution is 2.31. The summed E-state index contributed by atoms with van der Waals surface area (Å²) in [5.74, 6) is 1.22. The molecule has 3 rings (SSSR count). The molecule has 1 heterocycles. The molecule has 0 bridgehead atoms. The third-order valence-corrected chi connectivity index (χ3v) is 4.60. The van der Waals surface area contributed by atoms with Crippen molar-refractivity contribution in [2.75, 3.05) is 19.5 Å². The van der Waals surface area contributed by atoms with E-state index in [0.717, 1.165) is 21.9 Å². The van der Waals surface area contributed by atoms with Crippen molar-refractivity contribution in [3.63, 3.8) is 0 Å². The van der Waals surface area contributed by atoms with Crippen molar-refractivity contribution in [2.45, 2.75) is 6.92 Å². The van der Waals surface area contributed by atoms with Crippen LogP contribution < -0.4 is 14.8 Å². The number of carbonyl (C=O) groups is 1. The number of amides is 1. The van der Waals surface area contributed by atoms with E-state index in [2.05, 4.69) is 10.3 Å². The highest BCUT2D eigenvalue weighted by atomic mass is 32.1. The van der Waals surface area contributed by atoms with Gasteiger partial charge in [0, 0.05) is 16.0 Å². The van der Waals surface area contributed by atoms with E-state index in [1.807, 2.05) is 31.2 Å². The lowest BCUT2D eigenvalue weighted by Gasteiger charge is -2.04. The minimum absolute atomic E-state index is 0.214. The maximum absolute atomic E-state index is 12.4. The summed E-state index contributed by atoms with van der Waals surface area (Å²) in [6.45, 7) is 1.98. The first-order chi connectivity index (χ1) is 12.1. The molecule has 0 aliphatic rings. The summed E-state index contributed by atoms with van der Waals surface area (Å²) in [6.07, 6.45) is 0. The quantitative estimate of drug-likeness (QED) is 0.738. The van der Waals surface area contributed by atoms with Gasteiger partial charge in [-0.15, -0.1) is 11.3 Å². The van der Waals surface area contributed by atoms with Crippen LogP contribution in [-0.4, -0.2) is 25.1 Å². The fourth-order valence-corrected chi connectivity index (χ4v) is 3.23. The van der Waals surface area contributed by atoms with E-state index in [1.54, 1.807) is 38.5 Å². The molecule has 0 fully saturated rings. The predicted octanol–water partition coefficient (Wildman–Crippen LogP) is 4.39. The van der Waals surface area contributed by atoms with Crippen LogP contribution in [0.3, 0.4) is 0 Å². The number of rotatable bonds is 5. The highest BCUT2D eigenvalue weighted by Gasteiger charge is 2.13. The van der Waals surface area contributed by atoms with Crippen LogP contribution in [0.4, 0.5) is 5.13 Å². The Hall–Kier alpha value is -2.86. The second-order valence-electron chi connectivity index (χ2n) is 5.34. The summed E-state index contributed by atoms with van der Waals surface area (Å²) in [5, 5.41) is 3.42. The number of hydrogen-bond donors (Lipinski definition) is 1. The molecule has 0 saturated heterocycles.